The number of rotatable bonds is 2. The van der Waals surface area contributed by atoms with Gasteiger partial charge in [-0.05, 0) is 18.2 Å². The van der Waals surface area contributed by atoms with E-state index in [-0.39, 0.29) is 4.90 Å². The summed E-state index contributed by atoms with van der Waals surface area (Å²) in [6.07, 6.45) is 1.17. The maximum Gasteiger partial charge on any atom is 0.180 e. The molecule has 0 bridgehead atoms. The summed E-state index contributed by atoms with van der Waals surface area (Å²) in [5, 5.41) is 2.26. The minimum atomic E-state index is -3.23. The summed E-state index contributed by atoms with van der Waals surface area (Å²) in [6.45, 7) is 0. The second-order valence-corrected chi connectivity index (χ2v) is 7.01. The van der Waals surface area contributed by atoms with Crippen LogP contribution in [-0.4, -0.2) is 29.6 Å². The number of H-pyrrole nitrogens is 1. The minimum Gasteiger partial charge on any atom is -0.375 e. The fourth-order valence-corrected chi connectivity index (χ4v) is 2.93. The average Bonchev–Trinajstić information content (AvgIpc) is 2.92. The van der Waals surface area contributed by atoms with Crippen LogP contribution in [0.15, 0.2) is 28.5 Å². The molecule has 0 radical (unpaired) electrons. The van der Waals surface area contributed by atoms with E-state index in [2.05, 4.69) is 15.0 Å². The number of hydrogen-bond donors (Lipinski definition) is 2. The molecule has 3 N–H and O–H groups in total. The zero-order valence-corrected chi connectivity index (χ0v) is 11.5. The van der Waals surface area contributed by atoms with Crippen LogP contribution in [0, 0.1) is 0 Å². The molecule has 8 heteroatoms. The first kappa shape index (κ1) is 12.1. The van der Waals surface area contributed by atoms with Crippen LogP contribution in [0.1, 0.15) is 0 Å². The van der Waals surface area contributed by atoms with Crippen molar-refractivity contribution in [1.29, 1.82) is 0 Å². The van der Waals surface area contributed by atoms with Crippen molar-refractivity contribution in [1.82, 2.24) is 15.0 Å². The van der Waals surface area contributed by atoms with Crippen molar-refractivity contribution in [3.05, 3.63) is 23.6 Å². The third kappa shape index (κ3) is 2.20. The summed E-state index contributed by atoms with van der Waals surface area (Å²) < 4.78 is 23.0. The topological polar surface area (TPSA) is 102 Å². The fourth-order valence-electron chi connectivity index (χ4n) is 1.74. The number of anilines is 1. The van der Waals surface area contributed by atoms with Crippen molar-refractivity contribution in [2.45, 2.75) is 4.90 Å². The lowest BCUT2D eigenvalue weighted by atomic mass is 10.3. The fraction of sp³-hybridized carbons (Fsp3) is 0.0909. The number of fused-ring (bicyclic) bond motifs is 1. The summed E-state index contributed by atoms with van der Waals surface area (Å²) in [6, 6.07) is 4.77. The first-order valence-electron chi connectivity index (χ1n) is 5.35. The predicted octanol–water partition coefficient (Wildman–Crippen LogP) is 1.67. The Labute approximate surface area is 113 Å². The number of sulfone groups is 1. The van der Waals surface area contributed by atoms with Gasteiger partial charge in [0.2, 0.25) is 0 Å². The Hall–Kier alpha value is -1.93. The molecule has 2 aromatic heterocycles. The minimum absolute atomic E-state index is 0.257. The summed E-state index contributed by atoms with van der Waals surface area (Å²) in [5.74, 6) is 0.577. The number of benzene rings is 1. The van der Waals surface area contributed by atoms with E-state index in [0.29, 0.717) is 27.7 Å². The molecule has 6 nitrogen and oxygen atoms in total. The number of aromatic nitrogens is 3. The van der Waals surface area contributed by atoms with Crippen molar-refractivity contribution in [2.24, 2.45) is 0 Å². The highest BCUT2D eigenvalue weighted by atomic mass is 32.2. The molecule has 0 amide bonds. The number of aromatic amines is 1. The Morgan fingerprint density at radius 1 is 1.32 bits per heavy atom. The van der Waals surface area contributed by atoms with Gasteiger partial charge in [-0.25, -0.2) is 18.4 Å². The van der Waals surface area contributed by atoms with Crippen molar-refractivity contribution in [2.75, 3.05) is 12.0 Å². The standard InChI is InChI=1S/C11H10N4O2S2/c1-19(16,17)6-2-3-7-8(4-6)14-10(13-7)9-5-18-11(12)15-9/h2-5H,1H3,(H2,12,15)(H,13,14). The molecule has 0 saturated heterocycles. The maximum absolute atomic E-state index is 11.5. The first-order chi connectivity index (χ1) is 8.93. The van der Waals surface area contributed by atoms with E-state index in [9.17, 15) is 8.42 Å². The van der Waals surface area contributed by atoms with Crippen LogP contribution in [0.4, 0.5) is 5.13 Å². The molecular formula is C11H10N4O2S2. The second-order valence-electron chi connectivity index (χ2n) is 4.11. The first-order valence-corrected chi connectivity index (χ1v) is 8.12. The van der Waals surface area contributed by atoms with E-state index in [1.807, 2.05) is 0 Å². The Balaban J connectivity index is 2.16. The molecular weight excluding hydrogens is 284 g/mol. The molecule has 98 valence electrons. The lowest BCUT2D eigenvalue weighted by Gasteiger charge is -1.96. The van der Waals surface area contributed by atoms with Gasteiger partial charge in [0.15, 0.2) is 20.8 Å². The molecule has 3 aromatic rings. The van der Waals surface area contributed by atoms with Crippen molar-refractivity contribution < 1.29 is 8.42 Å². The Morgan fingerprint density at radius 2 is 2.11 bits per heavy atom. The molecule has 3 rings (SSSR count). The van der Waals surface area contributed by atoms with Gasteiger partial charge in [-0.3, -0.25) is 0 Å². The normalized spacial score (nSPS) is 12.1. The van der Waals surface area contributed by atoms with Crippen LogP contribution < -0.4 is 5.73 Å². The highest BCUT2D eigenvalue weighted by molar-refractivity contribution is 7.90. The number of nitrogens with two attached hydrogens (primary N) is 1. The summed E-state index contributed by atoms with van der Waals surface area (Å²) in [4.78, 5) is 11.8. The number of imidazole rings is 1. The monoisotopic (exact) mass is 294 g/mol. The highest BCUT2D eigenvalue weighted by Gasteiger charge is 2.12. The van der Waals surface area contributed by atoms with Crippen LogP contribution in [0.3, 0.4) is 0 Å². The van der Waals surface area contributed by atoms with E-state index < -0.39 is 9.84 Å². The van der Waals surface area contributed by atoms with E-state index in [1.54, 1.807) is 17.5 Å². The predicted molar refractivity (Wildman–Crippen MR) is 74.7 cm³/mol. The number of nitrogen functional groups attached to an aromatic ring is 1. The number of nitrogens with one attached hydrogen (secondary N) is 1. The molecule has 0 aliphatic rings. The molecule has 0 fully saturated rings. The molecule has 1 aromatic carbocycles. The smallest absolute Gasteiger partial charge is 0.180 e. The zero-order chi connectivity index (χ0) is 13.6. The van der Waals surface area contributed by atoms with Crippen LogP contribution in [0.5, 0.6) is 0 Å². The molecule has 0 atom stereocenters. The zero-order valence-electron chi connectivity index (χ0n) is 9.91. The van der Waals surface area contributed by atoms with Crippen molar-refractivity contribution >= 4 is 37.3 Å². The van der Waals surface area contributed by atoms with Gasteiger partial charge in [-0.2, -0.15) is 0 Å². The van der Waals surface area contributed by atoms with Gasteiger partial charge >= 0.3 is 0 Å². The van der Waals surface area contributed by atoms with Gasteiger partial charge in [0.1, 0.15) is 5.69 Å². The lowest BCUT2D eigenvalue weighted by molar-refractivity contribution is 0.602. The van der Waals surface area contributed by atoms with Gasteiger partial charge in [0.25, 0.3) is 0 Å². The number of hydrogen-bond acceptors (Lipinski definition) is 6. The van der Waals surface area contributed by atoms with Crippen LogP contribution in [0.2, 0.25) is 0 Å². The highest BCUT2D eigenvalue weighted by Crippen LogP contribution is 2.24. The third-order valence-electron chi connectivity index (χ3n) is 2.65. The van der Waals surface area contributed by atoms with E-state index in [0.717, 1.165) is 0 Å². The van der Waals surface area contributed by atoms with Crippen LogP contribution in [0.25, 0.3) is 22.6 Å². The summed E-state index contributed by atoms with van der Waals surface area (Å²) in [5.41, 5.74) is 7.58. The third-order valence-corrected chi connectivity index (χ3v) is 4.43. The SMILES string of the molecule is CS(=O)(=O)c1ccc2nc(-c3csc(N)n3)[nH]c2c1. The number of thiazole rings is 1. The van der Waals surface area contributed by atoms with Gasteiger partial charge in [-0.1, -0.05) is 0 Å². The molecule has 2 heterocycles. The van der Waals surface area contributed by atoms with Crippen molar-refractivity contribution in [3.63, 3.8) is 0 Å². The van der Waals surface area contributed by atoms with E-state index in [4.69, 9.17) is 5.73 Å². The van der Waals surface area contributed by atoms with E-state index in [1.165, 1.54) is 23.7 Å². The Morgan fingerprint density at radius 3 is 2.74 bits per heavy atom. The molecule has 19 heavy (non-hydrogen) atoms. The lowest BCUT2D eigenvalue weighted by Crippen LogP contribution is -1.96. The Bertz CT molecular complexity index is 864. The quantitative estimate of drug-likeness (QED) is 0.748. The van der Waals surface area contributed by atoms with E-state index >= 15 is 0 Å². The molecule has 0 spiro atoms. The van der Waals surface area contributed by atoms with Gasteiger partial charge < -0.3 is 10.7 Å². The van der Waals surface area contributed by atoms with Crippen LogP contribution in [-0.2, 0) is 9.84 Å². The maximum atomic E-state index is 11.5. The largest absolute Gasteiger partial charge is 0.375 e. The average molecular weight is 294 g/mol. The molecule has 0 saturated carbocycles. The summed E-state index contributed by atoms with van der Waals surface area (Å²) >= 11 is 1.33. The number of nitrogens with zero attached hydrogens (tertiary/aromatic N) is 2. The second kappa shape index (κ2) is 4.04. The molecule has 0 aliphatic heterocycles. The summed E-state index contributed by atoms with van der Waals surface area (Å²) in [7, 11) is -3.23. The van der Waals surface area contributed by atoms with Gasteiger partial charge in [0.05, 0.1) is 15.9 Å². The van der Waals surface area contributed by atoms with Crippen LogP contribution >= 0.6 is 11.3 Å². The van der Waals surface area contributed by atoms with Gasteiger partial charge in [0, 0.05) is 11.6 Å². The Kier molecular flexibility index (Phi) is 2.58. The van der Waals surface area contributed by atoms with Gasteiger partial charge in [-0.15, -0.1) is 11.3 Å². The van der Waals surface area contributed by atoms with Crippen molar-refractivity contribution in [3.8, 4) is 11.5 Å². The molecule has 0 aliphatic carbocycles. The molecule has 0 unspecified atom stereocenters.